The molecule has 0 rings (SSSR count). The molecule has 0 aliphatic carbocycles. The average molecular weight is 1100 g/mol. The van der Waals surface area contributed by atoms with Crippen molar-refractivity contribution in [3.05, 3.63) is 97.2 Å². The van der Waals surface area contributed by atoms with E-state index in [1.807, 2.05) is 0 Å². The summed E-state index contributed by atoms with van der Waals surface area (Å²) in [5.41, 5.74) is 0. The zero-order valence-corrected chi connectivity index (χ0v) is 52.1. The van der Waals surface area contributed by atoms with Crippen molar-refractivity contribution in [2.24, 2.45) is 0 Å². The van der Waals surface area contributed by atoms with Crippen LogP contribution >= 0.6 is 0 Å². The van der Waals surface area contributed by atoms with Crippen molar-refractivity contribution >= 4 is 17.9 Å². The third kappa shape index (κ3) is 65.0. The largest absolute Gasteiger partial charge is 0.462 e. The monoisotopic (exact) mass is 1100 g/mol. The number of hydrogen-bond acceptors (Lipinski definition) is 6. The first-order valence-corrected chi connectivity index (χ1v) is 33.7. The van der Waals surface area contributed by atoms with E-state index >= 15 is 0 Å². The number of esters is 3. The number of unbranched alkanes of at least 4 members (excludes halogenated alkanes) is 34. The van der Waals surface area contributed by atoms with Gasteiger partial charge in [0.1, 0.15) is 13.2 Å². The summed E-state index contributed by atoms with van der Waals surface area (Å²) in [6.07, 6.45) is 90.4. The second-order valence-corrected chi connectivity index (χ2v) is 22.3. The Morgan fingerprint density at radius 1 is 0.266 bits per heavy atom. The summed E-state index contributed by atoms with van der Waals surface area (Å²) in [5.74, 6) is -0.966. The van der Waals surface area contributed by atoms with Crippen LogP contribution < -0.4 is 0 Å². The van der Waals surface area contributed by atoms with Gasteiger partial charge < -0.3 is 14.2 Å². The fraction of sp³-hybridized carbons (Fsp3) is 0.740. The summed E-state index contributed by atoms with van der Waals surface area (Å²) in [6, 6.07) is 0. The average Bonchev–Trinajstić information content (AvgIpc) is 3.45. The number of carbonyl (C=O) groups is 3. The minimum absolute atomic E-state index is 0.102. The summed E-state index contributed by atoms with van der Waals surface area (Å²) in [4.78, 5) is 38.2. The van der Waals surface area contributed by atoms with Crippen LogP contribution in [-0.2, 0) is 28.6 Å². The number of ether oxygens (including phenoxy) is 3. The van der Waals surface area contributed by atoms with Crippen LogP contribution in [0.3, 0.4) is 0 Å². The molecule has 0 aromatic rings. The van der Waals surface area contributed by atoms with Crippen LogP contribution in [0.1, 0.15) is 329 Å². The molecule has 0 spiro atoms. The fourth-order valence-electron chi connectivity index (χ4n) is 9.56. The Balaban J connectivity index is 4.15. The van der Waals surface area contributed by atoms with Gasteiger partial charge in [0.25, 0.3) is 0 Å². The summed E-state index contributed by atoms with van der Waals surface area (Å²) in [7, 11) is 0. The third-order valence-electron chi connectivity index (χ3n) is 14.6. The Labute approximate surface area is 489 Å². The molecule has 6 heteroatoms. The predicted molar refractivity (Wildman–Crippen MR) is 344 cm³/mol. The lowest BCUT2D eigenvalue weighted by Crippen LogP contribution is -2.30. The summed E-state index contributed by atoms with van der Waals surface area (Å²) in [6.45, 7) is 6.38. The van der Waals surface area contributed by atoms with Crippen molar-refractivity contribution in [3.8, 4) is 0 Å². The Kier molecular flexibility index (Phi) is 63.7. The van der Waals surface area contributed by atoms with Gasteiger partial charge in [-0.05, 0) is 116 Å². The normalized spacial score (nSPS) is 12.7. The molecule has 1 unspecified atom stereocenters. The minimum Gasteiger partial charge on any atom is -0.462 e. The Morgan fingerprint density at radius 3 is 0.823 bits per heavy atom. The SMILES string of the molecule is CC/C=C\C/C=C\C/C=C\C/C=C\CCCCC(=O)OC(COC(=O)CCCCC/C=C\C/C=C\C/C=C\CC)COC(=O)CCCCCCCCCCCCCCCCCCCCCCC/C=C\CCCCCCCCCC. The van der Waals surface area contributed by atoms with Crippen molar-refractivity contribution < 1.29 is 28.6 Å². The first kappa shape index (κ1) is 75.3. The quantitative estimate of drug-likeness (QED) is 0.0261. The first-order valence-electron chi connectivity index (χ1n) is 33.7. The van der Waals surface area contributed by atoms with Crippen LogP contribution in [0.2, 0.25) is 0 Å². The van der Waals surface area contributed by atoms with Gasteiger partial charge in [-0.1, -0.05) is 291 Å². The maximum Gasteiger partial charge on any atom is 0.306 e. The van der Waals surface area contributed by atoms with Crippen molar-refractivity contribution in [3.63, 3.8) is 0 Å². The molecule has 6 nitrogen and oxygen atoms in total. The van der Waals surface area contributed by atoms with Gasteiger partial charge in [0, 0.05) is 19.3 Å². The van der Waals surface area contributed by atoms with Crippen LogP contribution in [0.4, 0.5) is 0 Å². The number of rotatable bonds is 61. The van der Waals surface area contributed by atoms with E-state index in [0.29, 0.717) is 19.3 Å². The lowest BCUT2D eigenvalue weighted by molar-refractivity contribution is -0.167. The van der Waals surface area contributed by atoms with Gasteiger partial charge in [-0.15, -0.1) is 0 Å². The summed E-state index contributed by atoms with van der Waals surface area (Å²) < 4.78 is 16.8. The Morgan fingerprint density at radius 2 is 0.494 bits per heavy atom. The predicted octanol–water partition coefficient (Wildman–Crippen LogP) is 23.2. The highest BCUT2D eigenvalue weighted by Gasteiger charge is 2.19. The maximum atomic E-state index is 12.9. The van der Waals surface area contributed by atoms with E-state index in [4.69, 9.17) is 14.2 Å². The second-order valence-electron chi connectivity index (χ2n) is 22.3. The molecule has 454 valence electrons. The molecule has 0 radical (unpaired) electrons. The first-order chi connectivity index (χ1) is 39.0. The Hall–Kier alpha value is -3.67. The molecule has 0 aromatic heterocycles. The van der Waals surface area contributed by atoms with Gasteiger partial charge in [-0.3, -0.25) is 14.4 Å². The molecule has 0 N–H and O–H groups in total. The highest BCUT2D eigenvalue weighted by molar-refractivity contribution is 5.71. The molecular formula is C73H126O6. The fourth-order valence-corrected chi connectivity index (χ4v) is 9.56. The summed E-state index contributed by atoms with van der Waals surface area (Å²) in [5, 5.41) is 0. The minimum atomic E-state index is -0.812. The summed E-state index contributed by atoms with van der Waals surface area (Å²) >= 11 is 0. The molecule has 0 aliphatic rings. The zero-order chi connectivity index (χ0) is 57.1. The van der Waals surface area contributed by atoms with Crippen molar-refractivity contribution in [1.82, 2.24) is 0 Å². The third-order valence-corrected chi connectivity index (χ3v) is 14.6. The van der Waals surface area contributed by atoms with E-state index in [1.54, 1.807) is 0 Å². The molecule has 0 saturated heterocycles. The molecule has 0 aliphatic heterocycles. The Bertz CT molecular complexity index is 1540. The standard InChI is InChI=1S/C73H126O6/c1-4-7-10-13-16-19-22-25-27-28-29-30-31-32-33-34-35-36-37-38-39-40-41-42-43-44-46-48-51-54-57-60-63-66-72(75)78-69-70(68-77-71(74)65-62-59-56-53-50-47-24-21-18-15-12-9-6-3)79-73(76)67-64-61-58-55-52-49-45-26-23-20-17-14-11-8-5-2/h8-9,11-12,17-18,20-21,26,28-29,45,47,50,52,55,70H,4-7,10,13-16,19,22-25,27,30-44,46,48-49,51,53-54,56-69H2,1-3H3/b11-8-,12-9-,20-17-,21-18-,29-28-,45-26-,50-47-,55-52-. The van der Waals surface area contributed by atoms with E-state index in [-0.39, 0.29) is 37.5 Å². The van der Waals surface area contributed by atoms with Gasteiger partial charge in [0.2, 0.25) is 0 Å². The second kappa shape index (κ2) is 66.8. The maximum absolute atomic E-state index is 12.9. The van der Waals surface area contributed by atoms with Crippen LogP contribution in [0.15, 0.2) is 97.2 Å². The van der Waals surface area contributed by atoms with Crippen LogP contribution in [0, 0.1) is 0 Å². The number of carbonyl (C=O) groups excluding carboxylic acids is 3. The zero-order valence-electron chi connectivity index (χ0n) is 52.1. The van der Waals surface area contributed by atoms with Gasteiger partial charge in [0.15, 0.2) is 6.10 Å². The smallest absolute Gasteiger partial charge is 0.306 e. The van der Waals surface area contributed by atoms with Gasteiger partial charge in [-0.2, -0.15) is 0 Å². The molecular weight excluding hydrogens is 973 g/mol. The van der Waals surface area contributed by atoms with Gasteiger partial charge in [0.05, 0.1) is 0 Å². The lowest BCUT2D eigenvalue weighted by atomic mass is 10.0. The van der Waals surface area contributed by atoms with E-state index in [1.165, 1.54) is 180 Å². The van der Waals surface area contributed by atoms with Crippen molar-refractivity contribution in [2.75, 3.05) is 13.2 Å². The van der Waals surface area contributed by atoms with Crippen LogP contribution in [-0.4, -0.2) is 37.2 Å². The lowest BCUT2D eigenvalue weighted by Gasteiger charge is -2.18. The van der Waals surface area contributed by atoms with E-state index < -0.39 is 6.10 Å². The molecule has 0 bridgehead atoms. The van der Waals surface area contributed by atoms with E-state index in [0.717, 1.165) is 103 Å². The molecule has 0 saturated carbocycles. The topological polar surface area (TPSA) is 78.9 Å². The van der Waals surface area contributed by atoms with E-state index in [9.17, 15) is 14.4 Å². The number of hydrogen-bond donors (Lipinski definition) is 0. The van der Waals surface area contributed by atoms with Gasteiger partial charge >= 0.3 is 17.9 Å². The van der Waals surface area contributed by atoms with Crippen LogP contribution in [0.5, 0.6) is 0 Å². The highest BCUT2D eigenvalue weighted by Crippen LogP contribution is 2.17. The van der Waals surface area contributed by atoms with E-state index in [2.05, 4.69) is 118 Å². The van der Waals surface area contributed by atoms with Crippen LogP contribution in [0.25, 0.3) is 0 Å². The van der Waals surface area contributed by atoms with Crippen molar-refractivity contribution in [1.29, 1.82) is 0 Å². The van der Waals surface area contributed by atoms with Gasteiger partial charge in [-0.25, -0.2) is 0 Å². The molecule has 0 fully saturated rings. The molecule has 0 heterocycles. The molecule has 1 atom stereocenters. The molecule has 79 heavy (non-hydrogen) atoms. The number of allylic oxidation sites excluding steroid dienone is 16. The molecule has 0 amide bonds. The highest BCUT2D eigenvalue weighted by atomic mass is 16.6. The van der Waals surface area contributed by atoms with Crippen molar-refractivity contribution in [2.45, 2.75) is 335 Å². The molecule has 0 aromatic carbocycles.